The highest BCUT2D eigenvalue weighted by molar-refractivity contribution is 5.71. The van der Waals surface area contributed by atoms with Gasteiger partial charge in [-0.2, -0.15) is 0 Å². The van der Waals surface area contributed by atoms with E-state index in [0.29, 0.717) is 12.5 Å². The largest absolute Gasteiger partial charge is 0.463 e. The van der Waals surface area contributed by atoms with Gasteiger partial charge in [0.25, 0.3) is 6.47 Å². The van der Waals surface area contributed by atoms with Gasteiger partial charge >= 0.3 is 5.97 Å². The van der Waals surface area contributed by atoms with Gasteiger partial charge in [0.1, 0.15) is 0 Å². The van der Waals surface area contributed by atoms with Gasteiger partial charge in [0.15, 0.2) is 6.61 Å². The molecular formula is C8H14O4. The highest BCUT2D eigenvalue weighted by Gasteiger charge is 2.02. The van der Waals surface area contributed by atoms with Crippen molar-refractivity contribution in [2.24, 2.45) is 5.92 Å². The van der Waals surface area contributed by atoms with E-state index in [0.717, 1.165) is 6.42 Å². The van der Waals surface area contributed by atoms with Crippen LogP contribution in [0.1, 0.15) is 20.3 Å². The van der Waals surface area contributed by atoms with Gasteiger partial charge in [0.2, 0.25) is 0 Å². The van der Waals surface area contributed by atoms with Crippen molar-refractivity contribution in [2.75, 3.05) is 13.2 Å². The van der Waals surface area contributed by atoms with Gasteiger partial charge in [-0.3, -0.25) is 4.79 Å². The maximum absolute atomic E-state index is 10.7. The summed E-state index contributed by atoms with van der Waals surface area (Å²) >= 11 is 0. The third kappa shape index (κ3) is 7.05. The molecule has 4 nitrogen and oxygen atoms in total. The summed E-state index contributed by atoms with van der Waals surface area (Å²) in [5.41, 5.74) is 0. The van der Waals surface area contributed by atoms with Crippen LogP contribution >= 0.6 is 0 Å². The Kier molecular flexibility index (Phi) is 6.05. The predicted molar refractivity (Wildman–Crippen MR) is 42.4 cm³/mol. The lowest BCUT2D eigenvalue weighted by atomic mass is 10.1. The third-order valence-corrected chi connectivity index (χ3v) is 1.23. The average molecular weight is 174 g/mol. The van der Waals surface area contributed by atoms with Crippen LogP contribution in [0.25, 0.3) is 0 Å². The normalized spacial score (nSPS) is 9.58. The van der Waals surface area contributed by atoms with Crippen LogP contribution in [0.4, 0.5) is 0 Å². The van der Waals surface area contributed by atoms with Gasteiger partial charge in [-0.25, -0.2) is 4.79 Å². The van der Waals surface area contributed by atoms with Gasteiger partial charge in [0.05, 0.1) is 6.61 Å². The summed E-state index contributed by atoms with van der Waals surface area (Å²) < 4.78 is 8.93. The molecule has 0 atom stereocenters. The first kappa shape index (κ1) is 10.9. The molecule has 0 aliphatic carbocycles. The van der Waals surface area contributed by atoms with Gasteiger partial charge in [-0.15, -0.1) is 0 Å². The standard InChI is InChI=1S/C8H14O4/c1-7(2)3-4-12-8(10)5-11-6-9/h6-7H,3-5H2,1-2H3. The molecule has 0 aromatic rings. The Morgan fingerprint density at radius 1 is 1.50 bits per heavy atom. The summed E-state index contributed by atoms with van der Waals surface area (Å²) in [4.78, 5) is 20.3. The summed E-state index contributed by atoms with van der Waals surface area (Å²) in [7, 11) is 0. The number of esters is 1. The minimum absolute atomic E-state index is 0.226. The minimum Gasteiger partial charge on any atom is -0.463 e. The molecule has 0 rings (SSSR count). The smallest absolute Gasteiger partial charge is 0.344 e. The molecule has 0 radical (unpaired) electrons. The van der Waals surface area contributed by atoms with Crippen LogP contribution in [0.3, 0.4) is 0 Å². The molecule has 0 fully saturated rings. The maximum Gasteiger partial charge on any atom is 0.344 e. The quantitative estimate of drug-likeness (QED) is 0.440. The molecule has 0 bridgehead atoms. The second kappa shape index (κ2) is 6.64. The summed E-state index contributed by atoms with van der Waals surface area (Å²) in [6.45, 7) is 4.40. The second-order valence-electron chi connectivity index (χ2n) is 2.81. The monoisotopic (exact) mass is 174 g/mol. The van der Waals surface area contributed by atoms with Crippen molar-refractivity contribution in [3.63, 3.8) is 0 Å². The molecule has 0 spiro atoms. The van der Waals surface area contributed by atoms with Crippen LogP contribution in [-0.2, 0) is 19.1 Å². The molecule has 12 heavy (non-hydrogen) atoms. The fourth-order valence-corrected chi connectivity index (χ4v) is 0.552. The average Bonchev–Trinajstić information content (AvgIpc) is 2.00. The molecule has 70 valence electrons. The van der Waals surface area contributed by atoms with Gasteiger partial charge in [0, 0.05) is 0 Å². The van der Waals surface area contributed by atoms with E-state index in [9.17, 15) is 9.59 Å². The first-order valence-electron chi connectivity index (χ1n) is 3.87. The fourth-order valence-electron chi connectivity index (χ4n) is 0.552. The molecule has 0 amide bonds. The van der Waals surface area contributed by atoms with Gasteiger partial charge in [-0.1, -0.05) is 13.8 Å². The van der Waals surface area contributed by atoms with Crippen LogP contribution in [0, 0.1) is 5.92 Å². The zero-order valence-electron chi connectivity index (χ0n) is 7.41. The third-order valence-electron chi connectivity index (χ3n) is 1.23. The van der Waals surface area contributed by atoms with E-state index in [-0.39, 0.29) is 13.1 Å². The van der Waals surface area contributed by atoms with Crippen molar-refractivity contribution in [3.05, 3.63) is 0 Å². The number of ether oxygens (including phenoxy) is 2. The highest BCUT2D eigenvalue weighted by atomic mass is 16.6. The molecule has 0 aromatic heterocycles. The van der Waals surface area contributed by atoms with E-state index in [1.807, 2.05) is 13.8 Å². The first-order chi connectivity index (χ1) is 5.66. The summed E-state index contributed by atoms with van der Waals surface area (Å²) in [5, 5.41) is 0. The number of carbonyl (C=O) groups excluding carboxylic acids is 2. The second-order valence-corrected chi connectivity index (χ2v) is 2.81. The molecule has 0 aliphatic rings. The Morgan fingerprint density at radius 3 is 2.67 bits per heavy atom. The van der Waals surface area contributed by atoms with Crippen molar-refractivity contribution < 1.29 is 19.1 Å². The Morgan fingerprint density at radius 2 is 2.17 bits per heavy atom. The van der Waals surface area contributed by atoms with E-state index < -0.39 is 5.97 Å². The molecule has 0 aromatic carbocycles. The molecule has 0 saturated carbocycles. The predicted octanol–water partition coefficient (Wildman–Crippen LogP) is 0.749. The summed E-state index contributed by atoms with van der Waals surface area (Å²) in [6, 6.07) is 0. The maximum atomic E-state index is 10.7. The van der Waals surface area contributed by atoms with Crippen LogP contribution in [0.2, 0.25) is 0 Å². The van der Waals surface area contributed by atoms with E-state index in [1.54, 1.807) is 0 Å². The van der Waals surface area contributed by atoms with Crippen LogP contribution < -0.4 is 0 Å². The number of rotatable bonds is 6. The van der Waals surface area contributed by atoms with Crippen molar-refractivity contribution in [1.82, 2.24) is 0 Å². The molecule has 0 saturated heterocycles. The lowest BCUT2D eigenvalue weighted by Crippen LogP contribution is -2.13. The number of hydrogen-bond donors (Lipinski definition) is 0. The minimum atomic E-state index is -0.497. The fraction of sp³-hybridized carbons (Fsp3) is 0.750. The summed E-state index contributed by atoms with van der Waals surface area (Å²) in [5.74, 6) is 0.00698. The van der Waals surface area contributed by atoms with Crippen molar-refractivity contribution in [3.8, 4) is 0 Å². The molecule has 4 heteroatoms. The van der Waals surface area contributed by atoms with Crippen LogP contribution in [-0.4, -0.2) is 25.7 Å². The van der Waals surface area contributed by atoms with E-state index in [2.05, 4.69) is 4.74 Å². The molecule has 0 N–H and O–H groups in total. The lowest BCUT2D eigenvalue weighted by Gasteiger charge is -2.05. The van der Waals surface area contributed by atoms with Gasteiger partial charge in [-0.05, 0) is 12.3 Å². The van der Waals surface area contributed by atoms with Crippen LogP contribution in [0.5, 0.6) is 0 Å². The zero-order valence-corrected chi connectivity index (χ0v) is 7.41. The molecular weight excluding hydrogens is 160 g/mol. The Bertz CT molecular complexity index is 142. The SMILES string of the molecule is CC(C)CCOC(=O)COC=O. The first-order valence-corrected chi connectivity index (χ1v) is 3.87. The van der Waals surface area contributed by atoms with E-state index >= 15 is 0 Å². The Balaban J connectivity index is 3.25. The van der Waals surface area contributed by atoms with Crippen molar-refractivity contribution >= 4 is 12.4 Å². The molecule has 0 unspecified atom stereocenters. The zero-order chi connectivity index (χ0) is 9.40. The highest BCUT2D eigenvalue weighted by Crippen LogP contribution is 1.98. The van der Waals surface area contributed by atoms with Crippen molar-refractivity contribution in [2.45, 2.75) is 20.3 Å². The summed E-state index contributed by atoms with van der Waals surface area (Å²) in [6.07, 6.45) is 0.826. The van der Waals surface area contributed by atoms with Crippen molar-refractivity contribution in [1.29, 1.82) is 0 Å². The molecule has 0 heterocycles. The van der Waals surface area contributed by atoms with E-state index in [4.69, 9.17) is 4.74 Å². The number of carbonyl (C=O) groups is 2. The molecule has 0 aliphatic heterocycles. The Labute approximate surface area is 71.8 Å². The lowest BCUT2D eigenvalue weighted by molar-refractivity contribution is -0.153. The number of hydrogen-bond acceptors (Lipinski definition) is 4. The Hall–Kier alpha value is -1.06. The van der Waals surface area contributed by atoms with Gasteiger partial charge < -0.3 is 9.47 Å². The van der Waals surface area contributed by atoms with Crippen LogP contribution in [0.15, 0.2) is 0 Å². The van der Waals surface area contributed by atoms with E-state index in [1.165, 1.54) is 0 Å². The topological polar surface area (TPSA) is 52.6 Å².